The second kappa shape index (κ2) is 8.53. The van der Waals surface area contributed by atoms with Crippen LogP contribution in [0.25, 0.3) is 0 Å². The van der Waals surface area contributed by atoms with Gasteiger partial charge in [-0.25, -0.2) is 4.98 Å². The van der Waals surface area contributed by atoms with E-state index >= 15 is 0 Å². The SMILES string of the molecule is CC(=O)N1CCN(c2nc3c(s2)CC(C(=O)NCc2ccccc2C)CC3)CC1. The van der Waals surface area contributed by atoms with Crippen LogP contribution in [0, 0.1) is 12.8 Å². The second-order valence-corrected chi connectivity index (χ2v) is 9.01. The average Bonchev–Trinajstić information content (AvgIpc) is 3.16. The van der Waals surface area contributed by atoms with Crippen molar-refractivity contribution in [3.63, 3.8) is 0 Å². The lowest BCUT2D eigenvalue weighted by atomic mass is 9.90. The zero-order chi connectivity index (χ0) is 20.4. The molecule has 2 heterocycles. The molecule has 1 unspecified atom stereocenters. The van der Waals surface area contributed by atoms with Crippen LogP contribution in [0.1, 0.15) is 35.0 Å². The highest BCUT2D eigenvalue weighted by atomic mass is 32.1. The number of nitrogens with one attached hydrogen (secondary N) is 1. The van der Waals surface area contributed by atoms with Crippen molar-refractivity contribution in [1.82, 2.24) is 15.2 Å². The van der Waals surface area contributed by atoms with Crippen molar-refractivity contribution in [2.24, 2.45) is 5.92 Å². The number of piperazine rings is 1. The Labute approximate surface area is 175 Å². The Morgan fingerprint density at radius 3 is 2.69 bits per heavy atom. The van der Waals surface area contributed by atoms with Crippen molar-refractivity contribution in [3.05, 3.63) is 46.0 Å². The predicted octanol–water partition coefficient (Wildman–Crippen LogP) is 2.54. The van der Waals surface area contributed by atoms with E-state index in [1.807, 2.05) is 17.0 Å². The van der Waals surface area contributed by atoms with Crippen molar-refractivity contribution in [2.45, 2.75) is 39.7 Å². The van der Waals surface area contributed by atoms with Crippen LogP contribution in [0.4, 0.5) is 5.13 Å². The van der Waals surface area contributed by atoms with E-state index in [-0.39, 0.29) is 17.7 Å². The van der Waals surface area contributed by atoms with Gasteiger partial charge in [-0.1, -0.05) is 24.3 Å². The average molecular weight is 413 g/mol. The molecular formula is C22H28N4O2S. The topological polar surface area (TPSA) is 65.5 Å². The molecule has 1 aliphatic carbocycles. The van der Waals surface area contributed by atoms with E-state index in [4.69, 9.17) is 4.98 Å². The molecule has 2 aliphatic rings. The summed E-state index contributed by atoms with van der Waals surface area (Å²) in [4.78, 5) is 34.5. The Hall–Kier alpha value is -2.41. The van der Waals surface area contributed by atoms with E-state index < -0.39 is 0 Å². The number of aromatic nitrogens is 1. The highest BCUT2D eigenvalue weighted by molar-refractivity contribution is 7.15. The third-order valence-electron chi connectivity index (χ3n) is 6.01. The number of carbonyl (C=O) groups excluding carboxylic acids is 2. The van der Waals surface area contributed by atoms with Crippen molar-refractivity contribution in [1.29, 1.82) is 0 Å². The number of anilines is 1. The minimum Gasteiger partial charge on any atom is -0.352 e. The molecule has 0 saturated carbocycles. The fraction of sp³-hybridized carbons (Fsp3) is 0.500. The maximum Gasteiger partial charge on any atom is 0.223 e. The molecule has 0 radical (unpaired) electrons. The number of rotatable bonds is 4. The lowest BCUT2D eigenvalue weighted by molar-refractivity contribution is -0.129. The Balaban J connectivity index is 1.35. The fourth-order valence-electron chi connectivity index (χ4n) is 4.07. The van der Waals surface area contributed by atoms with Crippen LogP contribution in [-0.4, -0.2) is 47.9 Å². The van der Waals surface area contributed by atoms with Gasteiger partial charge in [0.2, 0.25) is 11.8 Å². The van der Waals surface area contributed by atoms with Gasteiger partial charge in [0, 0.05) is 50.4 Å². The molecule has 0 spiro atoms. The monoisotopic (exact) mass is 412 g/mol. The summed E-state index contributed by atoms with van der Waals surface area (Å²) in [5, 5.41) is 4.16. The van der Waals surface area contributed by atoms with Gasteiger partial charge >= 0.3 is 0 Å². The maximum absolute atomic E-state index is 12.7. The largest absolute Gasteiger partial charge is 0.352 e. The lowest BCUT2D eigenvalue weighted by Crippen LogP contribution is -2.48. The third-order valence-corrected chi connectivity index (χ3v) is 7.19. The van der Waals surface area contributed by atoms with Crippen molar-refractivity contribution < 1.29 is 9.59 Å². The van der Waals surface area contributed by atoms with Gasteiger partial charge in [0.15, 0.2) is 5.13 Å². The quantitative estimate of drug-likeness (QED) is 0.838. The molecule has 1 saturated heterocycles. The second-order valence-electron chi connectivity index (χ2n) is 7.94. The van der Waals surface area contributed by atoms with Crippen molar-refractivity contribution >= 4 is 28.3 Å². The molecule has 2 aromatic rings. The normalized spacial score (nSPS) is 19.0. The van der Waals surface area contributed by atoms with E-state index in [2.05, 4.69) is 29.3 Å². The number of benzene rings is 1. The third kappa shape index (κ3) is 4.45. The van der Waals surface area contributed by atoms with Crippen LogP contribution in [0.5, 0.6) is 0 Å². The zero-order valence-electron chi connectivity index (χ0n) is 17.1. The summed E-state index contributed by atoms with van der Waals surface area (Å²) in [5.74, 6) is 0.306. The molecule has 7 heteroatoms. The van der Waals surface area contributed by atoms with Gasteiger partial charge in [-0.05, 0) is 37.3 Å². The van der Waals surface area contributed by atoms with E-state index in [0.717, 1.165) is 56.3 Å². The van der Waals surface area contributed by atoms with E-state index in [1.54, 1.807) is 18.3 Å². The molecule has 1 N–H and O–H groups in total. The van der Waals surface area contributed by atoms with E-state index in [1.165, 1.54) is 16.0 Å². The summed E-state index contributed by atoms with van der Waals surface area (Å²) < 4.78 is 0. The highest BCUT2D eigenvalue weighted by Crippen LogP contribution is 2.34. The summed E-state index contributed by atoms with van der Waals surface area (Å²) in [5.41, 5.74) is 3.53. The number of carbonyl (C=O) groups is 2. The summed E-state index contributed by atoms with van der Waals surface area (Å²) in [6.45, 7) is 7.44. The molecule has 0 bridgehead atoms. The molecule has 6 nitrogen and oxygen atoms in total. The molecule has 2 amide bonds. The first-order valence-electron chi connectivity index (χ1n) is 10.3. The lowest BCUT2D eigenvalue weighted by Gasteiger charge is -2.33. The van der Waals surface area contributed by atoms with Gasteiger partial charge in [-0.15, -0.1) is 11.3 Å². The number of hydrogen-bond donors (Lipinski definition) is 1. The first kappa shape index (κ1) is 19.9. The smallest absolute Gasteiger partial charge is 0.223 e. The first-order chi connectivity index (χ1) is 14.0. The number of nitrogens with zero attached hydrogens (tertiary/aromatic N) is 3. The van der Waals surface area contributed by atoms with Gasteiger partial charge in [-0.2, -0.15) is 0 Å². The number of fused-ring (bicyclic) bond motifs is 1. The molecule has 154 valence electrons. The number of aryl methyl sites for hydroxylation is 2. The molecule has 4 rings (SSSR count). The summed E-state index contributed by atoms with van der Waals surface area (Å²) in [6.07, 6.45) is 2.50. The fourth-order valence-corrected chi connectivity index (χ4v) is 5.31. The Morgan fingerprint density at radius 2 is 1.97 bits per heavy atom. The standard InChI is InChI=1S/C22H28N4O2S/c1-15-5-3-4-6-18(15)14-23-21(28)17-7-8-19-20(13-17)29-22(24-19)26-11-9-25(10-12-26)16(2)27/h3-6,17H,7-14H2,1-2H3,(H,23,28). The first-order valence-corrected chi connectivity index (χ1v) is 11.1. The number of amides is 2. The van der Waals surface area contributed by atoms with E-state index in [9.17, 15) is 9.59 Å². The summed E-state index contributed by atoms with van der Waals surface area (Å²) in [7, 11) is 0. The molecule has 1 aromatic carbocycles. The van der Waals surface area contributed by atoms with Crippen LogP contribution in [0.15, 0.2) is 24.3 Å². The number of hydrogen-bond acceptors (Lipinski definition) is 5. The summed E-state index contributed by atoms with van der Waals surface area (Å²) >= 11 is 1.72. The van der Waals surface area contributed by atoms with Crippen LogP contribution in [0.3, 0.4) is 0 Å². The predicted molar refractivity (Wildman–Crippen MR) is 115 cm³/mol. The van der Waals surface area contributed by atoms with Gasteiger partial charge in [0.25, 0.3) is 0 Å². The minimum absolute atomic E-state index is 0.0226. The zero-order valence-corrected chi connectivity index (χ0v) is 17.9. The minimum atomic E-state index is 0.0226. The highest BCUT2D eigenvalue weighted by Gasteiger charge is 2.29. The summed E-state index contributed by atoms with van der Waals surface area (Å²) in [6, 6.07) is 8.17. The van der Waals surface area contributed by atoms with Gasteiger partial charge in [0.05, 0.1) is 5.69 Å². The van der Waals surface area contributed by atoms with Crippen LogP contribution < -0.4 is 10.2 Å². The van der Waals surface area contributed by atoms with Gasteiger partial charge < -0.3 is 15.1 Å². The number of thiazole rings is 1. The van der Waals surface area contributed by atoms with Crippen molar-refractivity contribution in [3.8, 4) is 0 Å². The Kier molecular flexibility index (Phi) is 5.85. The van der Waals surface area contributed by atoms with Gasteiger partial charge in [-0.3, -0.25) is 9.59 Å². The van der Waals surface area contributed by atoms with Crippen LogP contribution >= 0.6 is 11.3 Å². The molecule has 1 fully saturated rings. The van der Waals surface area contributed by atoms with E-state index in [0.29, 0.717) is 6.54 Å². The Bertz CT molecular complexity index is 902. The van der Waals surface area contributed by atoms with Crippen LogP contribution in [0.2, 0.25) is 0 Å². The molecule has 1 aliphatic heterocycles. The van der Waals surface area contributed by atoms with Gasteiger partial charge in [0.1, 0.15) is 0 Å². The Morgan fingerprint density at radius 1 is 1.21 bits per heavy atom. The molecule has 1 atom stereocenters. The molecular weight excluding hydrogens is 384 g/mol. The maximum atomic E-state index is 12.7. The molecule has 1 aromatic heterocycles. The van der Waals surface area contributed by atoms with Crippen molar-refractivity contribution in [2.75, 3.05) is 31.1 Å². The van der Waals surface area contributed by atoms with Crippen LogP contribution in [-0.2, 0) is 29.0 Å². The molecule has 29 heavy (non-hydrogen) atoms.